The third kappa shape index (κ3) is 3.15. The van der Waals surface area contributed by atoms with Gasteiger partial charge in [-0.15, -0.1) is 0 Å². The number of hydrogen-bond donors (Lipinski definition) is 0. The smallest absolute Gasteiger partial charge is 0.246 e. The Morgan fingerprint density at radius 2 is 1.67 bits per heavy atom. The molecule has 0 aromatic carbocycles. The molecule has 0 unspecified atom stereocenters. The Hall–Kier alpha value is -1.91. The molecule has 4 aliphatic carbocycles. The first-order valence-electron chi connectivity index (χ1n) is 10.6. The van der Waals surface area contributed by atoms with Gasteiger partial charge in [0.1, 0.15) is 5.82 Å². The van der Waals surface area contributed by atoms with E-state index < -0.39 is 0 Å². The fourth-order valence-electron chi connectivity index (χ4n) is 6.63. The van der Waals surface area contributed by atoms with E-state index in [2.05, 4.69) is 21.8 Å². The number of amides is 1. The lowest BCUT2D eigenvalue weighted by Crippen LogP contribution is -2.49. The Kier molecular flexibility index (Phi) is 4.21. The zero-order chi connectivity index (χ0) is 18.4. The van der Waals surface area contributed by atoms with E-state index in [-0.39, 0.29) is 5.91 Å². The normalized spacial score (nSPS) is 35.6. The van der Waals surface area contributed by atoms with Crippen molar-refractivity contribution in [2.24, 2.45) is 23.2 Å². The minimum absolute atomic E-state index is 0.210. The van der Waals surface area contributed by atoms with Crippen LogP contribution in [-0.2, 0) is 4.79 Å². The van der Waals surface area contributed by atoms with Crippen LogP contribution in [-0.4, -0.2) is 47.0 Å². The summed E-state index contributed by atoms with van der Waals surface area (Å²) in [6.07, 6.45) is 15.5. The van der Waals surface area contributed by atoms with Crippen LogP contribution in [0.3, 0.4) is 0 Å². The number of carbonyl (C=O) groups excluding carboxylic acids is 1. The van der Waals surface area contributed by atoms with E-state index in [9.17, 15) is 4.79 Å². The van der Waals surface area contributed by atoms with Crippen LogP contribution in [0, 0.1) is 23.2 Å². The van der Waals surface area contributed by atoms with Crippen molar-refractivity contribution in [3.63, 3.8) is 0 Å². The number of rotatable bonds is 3. The maximum absolute atomic E-state index is 12.9. The maximum atomic E-state index is 12.9. The van der Waals surface area contributed by atoms with Gasteiger partial charge in [0.2, 0.25) is 5.91 Å². The van der Waals surface area contributed by atoms with Crippen molar-refractivity contribution in [1.29, 1.82) is 0 Å². The quantitative estimate of drug-likeness (QED) is 0.770. The molecule has 5 heteroatoms. The second-order valence-corrected chi connectivity index (χ2v) is 9.40. The van der Waals surface area contributed by atoms with Gasteiger partial charge in [-0.2, -0.15) is 0 Å². The summed E-state index contributed by atoms with van der Waals surface area (Å²) in [5, 5.41) is 0. The molecule has 0 N–H and O–H groups in total. The van der Waals surface area contributed by atoms with E-state index >= 15 is 0 Å². The summed E-state index contributed by atoms with van der Waals surface area (Å²) >= 11 is 0. The highest BCUT2D eigenvalue weighted by Gasteiger charge is 2.51. The van der Waals surface area contributed by atoms with Crippen LogP contribution in [0.4, 0.5) is 5.82 Å². The third-order valence-electron chi connectivity index (χ3n) is 7.68. The fourth-order valence-corrected chi connectivity index (χ4v) is 6.63. The first kappa shape index (κ1) is 17.2. The lowest BCUT2D eigenvalue weighted by atomic mass is 9.48. The van der Waals surface area contributed by atoms with Crippen LogP contribution < -0.4 is 4.90 Å². The molecule has 0 spiro atoms. The van der Waals surface area contributed by atoms with Crippen LogP contribution >= 0.6 is 0 Å². The number of carbonyl (C=O) groups is 1. The van der Waals surface area contributed by atoms with Gasteiger partial charge in [0.15, 0.2) is 0 Å². The average Bonchev–Trinajstić information content (AvgIpc) is 2.68. The lowest BCUT2D eigenvalue weighted by molar-refractivity contribution is -0.126. The molecular formula is C22H30N4O. The molecule has 1 aromatic rings. The molecule has 1 saturated heterocycles. The first-order valence-corrected chi connectivity index (χ1v) is 10.6. The van der Waals surface area contributed by atoms with Gasteiger partial charge in [-0.25, -0.2) is 4.98 Å². The molecule has 0 radical (unpaired) electrons. The molecule has 4 saturated carbocycles. The Morgan fingerprint density at radius 3 is 2.22 bits per heavy atom. The summed E-state index contributed by atoms with van der Waals surface area (Å²) < 4.78 is 0. The topological polar surface area (TPSA) is 49.3 Å². The molecule has 144 valence electrons. The van der Waals surface area contributed by atoms with E-state index in [1.807, 2.05) is 11.0 Å². The third-order valence-corrected chi connectivity index (χ3v) is 7.68. The SMILES string of the molecule is C/C(=C\C(=O)N1CCN(c2cnccn2)CC1)C12CC3CC(CC(C3)C1)C2. The molecule has 5 aliphatic rings. The Labute approximate surface area is 161 Å². The predicted octanol–water partition coefficient (Wildman–Crippen LogP) is 3.29. The van der Waals surface area contributed by atoms with Crippen LogP contribution in [0.2, 0.25) is 0 Å². The Morgan fingerprint density at radius 1 is 1.04 bits per heavy atom. The van der Waals surface area contributed by atoms with E-state index in [1.54, 1.807) is 18.6 Å². The number of hydrogen-bond acceptors (Lipinski definition) is 4. The molecule has 1 aliphatic heterocycles. The molecule has 5 fully saturated rings. The van der Waals surface area contributed by atoms with Gasteiger partial charge in [-0.3, -0.25) is 9.78 Å². The van der Waals surface area contributed by atoms with Gasteiger partial charge in [0, 0.05) is 44.6 Å². The van der Waals surface area contributed by atoms with E-state index in [1.165, 1.54) is 44.1 Å². The molecule has 1 amide bonds. The number of nitrogens with zero attached hydrogens (tertiary/aromatic N) is 4. The highest BCUT2D eigenvalue weighted by Crippen LogP contribution is 2.62. The predicted molar refractivity (Wildman–Crippen MR) is 105 cm³/mol. The molecule has 1 aromatic heterocycles. The standard InChI is InChI=1S/C22H30N4O/c1-16(22-12-17-9-18(13-22)11-19(10-17)14-22)8-21(27)26-6-4-25(5-7-26)20-15-23-2-3-24-20/h2-3,8,15,17-19H,4-7,9-14H2,1H3/b16-8+. The van der Waals surface area contributed by atoms with Crippen molar-refractivity contribution in [3.05, 3.63) is 30.2 Å². The van der Waals surface area contributed by atoms with Gasteiger partial charge < -0.3 is 9.80 Å². The summed E-state index contributed by atoms with van der Waals surface area (Å²) in [5.74, 6) is 3.88. The Bertz CT molecular complexity index is 701. The van der Waals surface area contributed by atoms with Gasteiger partial charge in [-0.05, 0) is 68.6 Å². The van der Waals surface area contributed by atoms with Gasteiger partial charge in [0.05, 0.1) is 6.20 Å². The molecule has 4 bridgehead atoms. The van der Waals surface area contributed by atoms with Gasteiger partial charge in [0.25, 0.3) is 0 Å². The van der Waals surface area contributed by atoms with E-state index in [0.717, 1.165) is 49.8 Å². The largest absolute Gasteiger partial charge is 0.352 e. The van der Waals surface area contributed by atoms with Crippen molar-refractivity contribution in [2.75, 3.05) is 31.1 Å². The van der Waals surface area contributed by atoms with Crippen LogP contribution in [0.5, 0.6) is 0 Å². The molecule has 27 heavy (non-hydrogen) atoms. The summed E-state index contributed by atoms with van der Waals surface area (Å²) in [6.45, 7) is 5.42. The minimum Gasteiger partial charge on any atom is -0.352 e. The maximum Gasteiger partial charge on any atom is 0.246 e. The molecule has 2 heterocycles. The number of aromatic nitrogens is 2. The lowest BCUT2D eigenvalue weighted by Gasteiger charge is -2.57. The fraction of sp³-hybridized carbons (Fsp3) is 0.682. The number of anilines is 1. The molecule has 5 nitrogen and oxygen atoms in total. The van der Waals surface area contributed by atoms with Crippen molar-refractivity contribution in [1.82, 2.24) is 14.9 Å². The second kappa shape index (κ2) is 6.61. The van der Waals surface area contributed by atoms with E-state index in [0.29, 0.717) is 5.41 Å². The summed E-state index contributed by atoms with van der Waals surface area (Å²) in [7, 11) is 0. The highest BCUT2D eigenvalue weighted by molar-refractivity contribution is 5.88. The van der Waals surface area contributed by atoms with Crippen LogP contribution in [0.1, 0.15) is 45.4 Å². The summed E-state index contributed by atoms with van der Waals surface area (Å²) in [4.78, 5) is 25.7. The van der Waals surface area contributed by atoms with E-state index in [4.69, 9.17) is 0 Å². The zero-order valence-electron chi connectivity index (χ0n) is 16.3. The molecule has 0 atom stereocenters. The molecule has 6 rings (SSSR count). The highest BCUT2D eigenvalue weighted by atomic mass is 16.2. The van der Waals surface area contributed by atoms with Crippen molar-refractivity contribution >= 4 is 11.7 Å². The van der Waals surface area contributed by atoms with Gasteiger partial charge in [-0.1, -0.05) is 5.57 Å². The summed E-state index contributed by atoms with van der Waals surface area (Å²) in [6, 6.07) is 0. The van der Waals surface area contributed by atoms with Crippen LogP contribution in [0.15, 0.2) is 30.2 Å². The van der Waals surface area contributed by atoms with Crippen molar-refractivity contribution < 1.29 is 4.79 Å². The molecular weight excluding hydrogens is 336 g/mol. The minimum atomic E-state index is 0.210. The van der Waals surface area contributed by atoms with Crippen molar-refractivity contribution in [2.45, 2.75) is 45.4 Å². The van der Waals surface area contributed by atoms with Crippen LogP contribution in [0.25, 0.3) is 0 Å². The first-order chi connectivity index (χ1) is 13.1. The number of allylic oxidation sites excluding steroid dienone is 1. The summed E-state index contributed by atoms with van der Waals surface area (Å²) in [5.41, 5.74) is 1.70. The number of piperazine rings is 1. The second-order valence-electron chi connectivity index (χ2n) is 9.40. The monoisotopic (exact) mass is 366 g/mol. The Balaban J connectivity index is 1.24. The van der Waals surface area contributed by atoms with Crippen molar-refractivity contribution in [3.8, 4) is 0 Å². The zero-order valence-corrected chi connectivity index (χ0v) is 16.3. The van der Waals surface area contributed by atoms with Gasteiger partial charge >= 0.3 is 0 Å². The average molecular weight is 367 g/mol.